The Labute approximate surface area is 96.4 Å². The predicted octanol–water partition coefficient (Wildman–Crippen LogP) is 2.96. The lowest BCUT2D eigenvalue weighted by molar-refractivity contribution is 0.180. The minimum Gasteiger partial charge on any atom is -0.433 e. The molecule has 0 aliphatic rings. The number of nitrogens with zero attached hydrogens (tertiary/aromatic N) is 1. The Kier molecular flexibility index (Phi) is 4.22. The Balaban J connectivity index is 2.85. The van der Waals surface area contributed by atoms with E-state index in [9.17, 15) is 4.79 Å². The van der Waals surface area contributed by atoms with Gasteiger partial charge in [0, 0.05) is 0 Å². The van der Waals surface area contributed by atoms with Gasteiger partial charge in [-0.3, -0.25) is 5.32 Å². The van der Waals surface area contributed by atoms with Crippen molar-refractivity contribution >= 4 is 35.0 Å². The van der Waals surface area contributed by atoms with Crippen LogP contribution in [0.25, 0.3) is 0 Å². The van der Waals surface area contributed by atoms with Crippen molar-refractivity contribution in [1.82, 2.24) is 0 Å². The zero-order chi connectivity index (χ0) is 11.3. The van der Waals surface area contributed by atoms with Gasteiger partial charge >= 0.3 is 6.09 Å². The van der Waals surface area contributed by atoms with Crippen molar-refractivity contribution in [1.29, 1.82) is 5.26 Å². The molecule has 0 aliphatic heterocycles. The molecule has 1 N–H and O–H groups in total. The van der Waals surface area contributed by atoms with Gasteiger partial charge in [-0.25, -0.2) is 4.79 Å². The molecule has 0 aromatic heterocycles. The summed E-state index contributed by atoms with van der Waals surface area (Å²) >= 11 is 11.0. The van der Waals surface area contributed by atoms with E-state index in [0.717, 1.165) is 0 Å². The molecule has 0 spiro atoms. The summed E-state index contributed by atoms with van der Waals surface area (Å²) in [6.07, 6.45) is -0.720. The van der Waals surface area contributed by atoms with E-state index in [1.807, 2.05) is 6.07 Å². The highest BCUT2D eigenvalue weighted by Gasteiger charge is 2.06. The summed E-state index contributed by atoms with van der Waals surface area (Å²) in [7, 11) is 0. The molecule has 1 rings (SSSR count). The summed E-state index contributed by atoms with van der Waals surface area (Å²) in [5.74, 6) is 0. The van der Waals surface area contributed by atoms with Gasteiger partial charge in [-0.05, 0) is 18.2 Å². The number of amides is 1. The van der Waals surface area contributed by atoms with E-state index < -0.39 is 6.09 Å². The third kappa shape index (κ3) is 3.31. The van der Waals surface area contributed by atoms with Crippen molar-refractivity contribution in [3.05, 3.63) is 28.8 Å². The normalized spacial score (nSPS) is 9.13. The summed E-state index contributed by atoms with van der Waals surface area (Å²) in [6, 6.07) is 6.17. The van der Waals surface area contributed by atoms with E-state index in [-0.39, 0.29) is 6.07 Å². The molecule has 1 aromatic carbocycles. The fourth-order valence-electron chi connectivity index (χ4n) is 0.886. The van der Waals surface area contributed by atoms with Gasteiger partial charge in [0.2, 0.25) is 0 Å². The molecule has 6 heteroatoms. The number of nitrogens with one attached hydrogen (secondary N) is 1. The summed E-state index contributed by atoms with van der Waals surface area (Å²) in [6.45, 7) is 0. The molecule has 0 atom stereocenters. The molecule has 0 saturated heterocycles. The molecular formula is C9H6Cl2N2O2. The zero-order valence-corrected chi connectivity index (χ0v) is 8.97. The first kappa shape index (κ1) is 11.6. The van der Waals surface area contributed by atoms with Crippen LogP contribution in [0.5, 0.6) is 0 Å². The van der Waals surface area contributed by atoms with Gasteiger partial charge in [0.15, 0.2) is 6.07 Å². The van der Waals surface area contributed by atoms with Crippen molar-refractivity contribution < 1.29 is 9.53 Å². The second-order valence-corrected chi connectivity index (χ2v) is 3.10. The quantitative estimate of drug-likeness (QED) is 0.814. The molecular weight excluding hydrogens is 239 g/mol. The van der Waals surface area contributed by atoms with E-state index in [1.165, 1.54) is 12.1 Å². The van der Waals surface area contributed by atoms with Gasteiger partial charge in [0.25, 0.3) is 0 Å². The fourth-order valence-corrected chi connectivity index (χ4v) is 1.15. The molecule has 78 valence electrons. The van der Waals surface area contributed by atoms with Crippen LogP contribution in [0, 0.1) is 11.3 Å². The number of benzene rings is 1. The van der Waals surface area contributed by atoms with Gasteiger partial charge in [0.1, 0.15) is 0 Å². The van der Waals surface area contributed by atoms with E-state index in [0.29, 0.717) is 16.3 Å². The van der Waals surface area contributed by atoms with Gasteiger partial charge in [0.05, 0.1) is 22.3 Å². The Hall–Kier alpha value is -1.44. The van der Waals surface area contributed by atoms with Crippen LogP contribution in [0.1, 0.15) is 5.56 Å². The number of carbonyl (C=O) groups is 1. The highest BCUT2D eigenvalue weighted by Crippen LogP contribution is 2.22. The van der Waals surface area contributed by atoms with Crippen LogP contribution < -0.4 is 5.32 Å². The van der Waals surface area contributed by atoms with Crippen LogP contribution in [0.4, 0.5) is 10.5 Å². The molecule has 1 amide bonds. The number of halogens is 2. The van der Waals surface area contributed by atoms with Crippen molar-refractivity contribution in [2.75, 3.05) is 11.4 Å². The lowest BCUT2D eigenvalue weighted by Crippen LogP contribution is -2.13. The molecule has 1 aromatic rings. The third-order valence-electron chi connectivity index (χ3n) is 1.52. The maximum atomic E-state index is 11.0. The van der Waals surface area contributed by atoms with E-state index in [4.69, 9.17) is 28.5 Å². The van der Waals surface area contributed by atoms with E-state index in [1.54, 1.807) is 6.07 Å². The van der Waals surface area contributed by atoms with E-state index in [2.05, 4.69) is 10.1 Å². The van der Waals surface area contributed by atoms with Crippen LogP contribution in [0.2, 0.25) is 5.02 Å². The Morgan fingerprint density at radius 2 is 2.33 bits per heavy atom. The van der Waals surface area contributed by atoms with Crippen LogP contribution in [0.3, 0.4) is 0 Å². The van der Waals surface area contributed by atoms with Crippen LogP contribution in [-0.4, -0.2) is 12.2 Å². The van der Waals surface area contributed by atoms with E-state index >= 15 is 0 Å². The Bertz CT molecular complexity index is 415. The lowest BCUT2D eigenvalue weighted by atomic mass is 10.2. The van der Waals surface area contributed by atoms with Gasteiger partial charge < -0.3 is 4.74 Å². The molecule has 0 aliphatic carbocycles. The standard InChI is InChI=1S/C9H6Cl2N2O2/c10-5-15-9(14)13-8-3-6(4-12)1-2-7(8)11/h1-3H,5H2,(H,13,14). The monoisotopic (exact) mass is 244 g/mol. The highest BCUT2D eigenvalue weighted by atomic mass is 35.5. The van der Waals surface area contributed by atoms with Gasteiger partial charge in [-0.2, -0.15) is 5.26 Å². The Morgan fingerprint density at radius 3 is 2.93 bits per heavy atom. The first-order valence-electron chi connectivity index (χ1n) is 3.86. The molecule has 4 nitrogen and oxygen atoms in total. The number of anilines is 1. The summed E-state index contributed by atoms with van der Waals surface area (Å²) in [5, 5.41) is 11.3. The molecule has 0 saturated carbocycles. The average molecular weight is 245 g/mol. The average Bonchev–Trinajstić information content (AvgIpc) is 2.21. The molecule has 0 radical (unpaired) electrons. The third-order valence-corrected chi connectivity index (χ3v) is 1.96. The lowest BCUT2D eigenvalue weighted by Gasteiger charge is -2.06. The first-order valence-corrected chi connectivity index (χ1v) is 4.78. The van der Waals surface area contributed by atoms with Crippen molar-refractivity contribution in [3.8, 4) is 6.07 Å². The van der Waals surface area contributed by atoms with Crippen molar-refractivity contribution in [2.45, 2.75) is 0 Å². The summed E-state index contributed by atoms with van der Waals surface area (Å²) in [5.41, 5.74) is 0.700. The van der Waals surface area contributed by atoms with Gasteiger partial charge in [-0.1, -0.05) is 23.2 Å². The topological polar surface area (TPSA) is 62.1 Å². The smallest absolute Gasteiger partial charge is 0.412 e. The first-order chi connectivity index (χ1) is 7.17. The minimum absolute atomic E-state index is 0.249. The second kappa shape index (κ2) is 5.44. The number of rotatable bonds is 2. The highest BCUT2D eigenvalue weighted by molar-refractivity contribution is 6.33. The van der Waals surface area contributed by atoms with Gasteiger partial charge in [-0.15, -0.1) is 0 Å². The number of nitriles is 1. The van der Waals surface area contributed by atoms with Crippen LogP contribution in [0.15, 0.2) is 18.2 Å². The summed E-state index contributed by atoms with van der Waals surface area (Å²) < 4.78 is 4.45. The van der Waals surface area contributed by atoms with Crippen LogP contribution >= 0.6 is 23.2 Å². The van der Waals surface area contributed by atoms with Crippen LogP contribution in [-0.2, 0) is 4.74 Å². The number of alkyl halides is 1. The number of carbonyl (C=O) groups excluding carboxylic acids is 1. The fraction of sp³-hybridized carbons (Fsp3) is 0.111. The minimum atomic E-state index is -0.720. The zero-order valence-electron chi connectivity index (χ0n) is 7.46. The SMILES string of the molecule is N#Cc1ccc(Cl)c(NC(=O)OCCl)c1. The molecule has 0 fully saturated rings. The maximum Gasteiger partial charge on any atom is 0.412 e. The molecule has 0 heterocycles. The summed E-state index contributed by atoms with van der Waals surface area (Å²) in [4.78, 5) is 11.0. The predicted molar refractivity (Wildman–Crippen MR) is 57.0 cm³/mol. The maximum absolute atomic E-state index is 11.0. The molecule has 0 unspecified atom stereocenters. The van der Waals surface area contributed by atoms with Crippen molar-refractivity contribution in [2.24, 2.45) is 0 Å². The Morgan fingerprint density at radius 1 is 1.60 bits per heavy atom. The second-order valence-electron chi connectivity index (χ2n) is 2.47. The molecule has 15 heavy (non-hydrogen) atoms. The number of hydrogen-bond acceptors (Lipinski definition) is 3. The largest absolute Gasteiger partial charge is 0.433 e. The molecule has 0 bridgehead atoms. The number of ether oxygens (including phenoxy) is 1. The number of hydrogen-bond donors (Lipinski definition) is 1. The van der Waals surface area contributed by atoms with Crippen molar-refractivity contribution in [3.63, 3.8) is 0 Å².